The summed E-state index contributed by atoms with van der Waals surface area (Å²) >= 11 is 3.11. The van der Waals surface area contributed by atoms with Crippen LogP contribution in [0, 0.1) is 5.82 Å². The van der Waals surface area contributed by atoms with Gasteiger partial charge in [-0.2, -0.15) is 0 Å². The first-order chi connectivity index (χ1) is 11.0. The van der Waals surface area contributed by atoms with Crippen molar-refractivity contribution in [3.8, 4) is 5.88 Å². The van der Waals surface area contributed by atoms with E-state index in [-0.39, 0.29) is 24.3 Å². The third-order valence-electron chi connectivity index (χ3n) is 3.50. The highest BCUT2D eigenvalue weighted by Crippen LogP contribution is 2.25. The van der Waals surface area contributed by atoms with E-state index in [9.17, 15) is 14.0 Å². The molecular weight excluding hydrogens is 367 g/mol. The molecule has 1 aromatic carbocycles. The second-order valence-corrected chi connectivity index (χ2v) is 6.04. The van der Waals surface area contributed by atoms with Crippen molar-refractivity contribution in [1.82, 2.24) is 9.88 Å². The normalized spacial score (nSPS) is 14.8. The summed E-state index contributed by atoms with van der Waals surface area (Å²) in [5.74, 6) is -1.53. The Kier molecular flexibility index (Phi) is 4.12. The fourth-order valence-electron chi connectivity index (χ4n) is 2.39. The van der Waals surface area contributed by atoms with Crippen LogP contribution in [0.3, 0.4) is 0 Å². The van der Waals surface area contributed by atoms with E-state index in [2.05, 4.69) is 20.9 Å². The minimum absolute atomic E-state index is 0.0446. The summed E-state index contributed by atoms with van der Waals surface area (Å²) in [6, 6.07) is 7.31. The molecule has 2 amide bonds. The van der Waals surface area contributed by atoms with Gasteiger partial charge < -0.3 is 4.74 Å². The van der Waals surface area contributed by atoms with Gasteiger partial charge in [0.15, 0.2) is 5.82 Å². The number of carbonyl (C=O) groups excluding carboxylic acids is 2. The molecule has 118 valence electrons. The Hall–Kier alpha value is -2.28. The van der Waals surface area contributed by atoms with Gasteiger partial charge in [-0.15, -0.1) is 0 Å². The third-order valence-corrected chi connectivity index (χ3v) is 3.94. The Labute approximate surface area is 140 Å². The van der Waals surface area contributed by atoms with Crippen LogP contribution < -0.4 is 4.74 Å². The van der Waals surface area contributed by atoms with Crippen LogP contribution in [0.25, 0.3) is 0 Å². The molecule has 0 saturated carbocycles. The molecule has 23 heavy (non-hydrogen) atoms. The number of benzene rings is 1. The molecule has 0 fully saturated rings. The Morgan fingerprint density at radius 1 is 1.26 bits per heavy atom. The molecule has 1 atom stereocenters. The van der Waals surface area contributed by atoms with Crippen LogP contribution >= 0.6 is 15.9 Å². The van der Waals surface area contributed by atoms with Crippen molar-refractivity contribution >= 4 is 27.7 Å². The summed E-state index contributed by atoms with van der Waals surface area (Å²) in [4.78, 5) is 29.6. The lowest BCUT2D eigenvalue weighted by Gasteiger charge is -2.22. The number of amides is 2. The van der Waals surface area contributed by atoms with Gasteiger partial charge in [-0.3, -0.25) is 14.5 Å². The van der Waals surface area contributed by atoms with E-state index in [4.69, 9.17) is 4.74 Å². The van der Waals surface area contributed by atoms with E-state index in [1.54, 1.807) is 31.2 Å². The van der Waals surface area contributed by atoms with Gasteiger partial charge in [0.1, 0.15) is 6.61 Å². The molecule has 0 spiro atoms. The van der Waals surface area contributed by atoms with E-state index < -0.39 is 11.9 Å². The number of pyridine rings is 1. The maximum Gasteiger partial charge on any atom is 0.261 e. The fourth-order valence-corrected chi connectivity index (χ4v) is 2.69. The van der Waals surface area contributed by atoms with Crippen molar-refractivity contribution in [2.45, 2.75) is 13.0 Å². The van der Waals surface area contributed by atoms with Gasteiger partial charge in [-0.05, 0) is 41.1 Å². The quantitative estimate of drug-likeness (QED) is 0.767. The van der Waals surface area contributed by atoms with Crippen molar-refractivity contribution in [3.05, 3.63) is 57.9 Å². The monoisotopic (exact) mass is 378 g/mol. The Morgan fingerprint density at radius 3 is 2.43 bits per heavy atom. The standard InChI is InChI=1S/C16H12BrFN2O3/c1-9(8-23-14-13(18)6-10(17)7-19-14)20-15(21)11-4-2-3-5-12(11)16(20)22/h2-7,9H,8H2,1H3/t9-/m0/s1. The Bertz CT molecular complexity index is 762. The molecule has 3 rings (SSSR count). The molecule has 7 heteroatoms. The topological polar surface area (TPSA) is 59.5 Å². The van der Waals surface area contributed by atoms with Crippen molar-refractivity contribution in [1.29, 1.82) is 0 Å². The molecule has 2 heterocycles. The molecule has 0 saturated heterocycles. The molecule has 5 nitrogen and oxygen atoms in total. The second-order valence-electron chi connectivity index (χ2n) is 5.13. The van der Waals surface area contributed by atoms with Crippen LogP contribution in [0.15, 0.2) is 41.0 Å². The number of hydrogen-bond donors (Lipinski definition) is 0. The van der Waals surface area contributed by atoms with Gasteiger partial charge in [0.2, 0.25) is 0 Å². The minimum Gasteiger partial charge on any atom is -0.473 e. The summed E-state index contributed by atoms with van der Waals surface area (Å²) in [6.45, 7) is 1.62. The highest BCUT2D eigenvalue weighted by molar-refractivity contribution is 9.10. The molecule has 1 aliphatic heterocycles. The van der Waals surface area contributed by atoms with E-state index >= 15 is 0 Å². The first kappa shape index (κ1) is 15.6. The zero-order valence-electron chi connectivity index (χ0n) is 12.1. The molecule has 1 aliphatic rings. The molecule has 0 unspecified atom stereocenters. The van der Waals surface area contributed by atoms with Crippen molar-refractivity contribution in [2.75, 3.05) is 6.61 Å². The second kappa shape index (κ2) is 6.08. The summed E-state index contributed by atoms with van der Waals surface area (Å²) in [5.41, 5.74) is 0.745. The van der Waals surface area contributed by atoms with Crippen LogP contribution in [0.5, 0.6) is 5.88 Å². The van der Waals surface area contributed by atoms with E-state index in [0.29, 0.717) is 15.6 Å². The highest BCUT2D eigenvalue weighted by Gasteiger charge is 2.38. The smallest absolute Gasteiger partial charge is 0.261 e. The van der Waals surface area contributed by atoms with Gasteiger partial charge >= 0.3 is 0 Å². The van der Waals surface area contributed by atoms with Gasteiger partial charge in [-0.1, -0.05) is 12.1 Å². The zero-order chi connectivity index (χ0) is 16.6. The lowest BCUT2D eigenvalue weighted by atomic mass is 10.1. The maximum atomic E-state index is 13.7. The molecule has 0 aliphatic carbocycles. The highest BCUT2D eigenvalue weighted by atomic mass is 79.9. The van der Waals surface area contributed by atoms with Crippen LogP contribution in [0.2, 0.25) is 0 Å². The van der Waals surface area contributed by atoms with Gasteiger partial charge in [-0.25, -0.2) is 9.37 Å². The number of nitrogens with zero attached hydrogens (tertiary/aromatic N) is 2. The van der Waals surface area contributed by atoms with Crippen molar-refractivity contribution in [2.24, 2.45) is 0 Å². The number of carbonyl (C=O) groups is 2. The molecule has 2 aromatic rings. The van der Waals surface area contributed by atoms with Crippen LogP contribution in [-0.4, -0.2) is 34.3 Å². The summed E-state index contributed by atoms with van der Waals surface area (Å²) < 4.78 is 19.5. The third kappa shape index (κ3) is 2.84. The van der Waals surface area contributed by atoms with Gasteiger partial charge in [0.05, 0.1) is 17.2 Å². The number of halogens is 2. The first-order valence-electron chi connectivity index (χ1n) is 6.90. The number of aromatic nitrogens is 1. The summed E-state index contributed by atoms with van der Waals surface area (Å²) in [6.07, 6.45) is 1.41. The predicted octanol–water partition coefficient (Wildman–Crippen LogP) is 3.05. The Morgan fingerprint density at radius 2 is 1.87 bits per heavy atom. The summed E-state index contributed by atoms with van der Waals surface area (Å²) in [5, 5.41) is 0. The number of rotatable bonds is 4. The zero-order valence-corrected chi connectivity index (χ0v) is 13.7. The number of hydrogen-bond acceptors (Lipinski definition) is 4. The molecular formula is C16H12BrFN2O3. The lowest BCUT2D eigenvalue weighted by Crippen LogP contribution is -2.41. The SMILES string of the molecule is C[C@@H](COc1ncc(Br)cc1F)N1C(=O)c2ccccc2C1=O. The summed E-state index contributed by atoms with van der Waals surface area (Å²) in [7, 11) is 0. The van der Waals surface area contributed by atoms with Gasteiger partial charge in [0.25, 0.3) is 17.7 Å². The van der Waals surface area contributed by atoms with Crippen molar-refractivity contribution < 1.29 is 18.7 Å². The number of ether oxygens (including phenoxy) is 1. The van der Waals surface area contributed by atoms with Crippen LogP contribution in [-0.2, 0) is 0 Å². The number of fused-ring (bicyclic) bond motifs is 1. The van der Waals surface area contributed by atoms with Crippen molar-refractivity contribution in [3.63, 3.8) is 0 Å². The average molecular weight is 379 g/mol. The first-order valence-corrected chi connectivity index (χ1v) is 7.69. The molecule has 0 bridgehead atoms. The van der Waals surface area contributed by atoms with E-state index in [1.165, 1.54) is 12.3 Å². The largest absolute Gasteiger partial charge is 0.473 e. The van der Waals surface area contributed by atoms with Crippen LogP contribution in [0.1, 0.15) is 27.6 Å². The lowest BCUT2D eigenvalue weighted by molar-refractivity contribution is 0.0547. The van der Waals surface area contributed by atoms with E-state index in [0.717, 1.165) is 4.90 Å². The average Bonchev–Trinajstić information content (AvgIpc) is 2.78. The fraction of sp³-hybridized carbons (Fsp3) is 0.188. The van der Waals surface area contributed by atoms with Crippen LogP contribution in [0.4, 0.5) is 4.39 Å². The minimum atomic E-state index is -0.617. The predicted molar refractivity (Wildman–Crippen MR) is 83.8 cm³/mol. The van der Waals surface area contributed by atoms with E-state index in [1.807, 2.05) is 0 Å². The van der Waals surface area contributed by atoms with Gasteiger partial charge in [0, 0.05) is 10.7 Å². The molecule has 1 aromatic heterocycles. The molecule has 0 N–H and O–H groups in total. The number of imide groups is 1. The maximum absolute atomic E-state index is 13.7. The Balaban J connectivity index is 1.73. The molecule has 0 radical (unpaired) electrons.